The van der Waals surface area contributed by atoms with Crippen LogP contribution >= 0.6 is 23.2 Å². The average molecular weight is 552 g/mol. The summed E-state index contributed by atoms with van der Waals surface area (Å²) in [4.78, 5) is 0. The second kappa shape index (κ2) is 12.6. The Morgan fingerprint density at radius 3 is 1.38 bits per heavy atom. The molecule has 5 rings (SSSR count). The first kappa shape index (κ1) is 29.1. The molecule has 0 radical (unpaired) electrons. The zero-order valence-corrected chi connectivity index (χ0v) is 26.2. The monoisotopic (exact) mass is 550 g/mol. The van der Waals surface area contributed by atoms with E-state index in [1.165, 1.54) is 154 Å². The van der Waals surface area contributed by atoms with E-state index in [0.29, 0.717) is 0 Å². The van der Waals surface area contributed by atoms with Gasteiger partial charge in [-0.25, -0.2) is 0 Å². The first-order valence-corrected chi connectivity index (χ1v) is 18.1. The molecule has 5 saturated carbocycles. The molecular formula is C35H60Cl2. The van der Waals surface area contributed by atoms with E-state index in [1.54, 1.807) is 0 Å². The van der Waals surface area contributed by atoms with Crippen LogP contribution < -0.4 is 0 Å². The summed E-state index contributed by atoms with van der Waals surface area (Å²) in [6.07, 6.45) is 34.4. The van der Waals surface area contributed by atoms with Gasteiger partial charge in [0.05, 0.1) is 0 Å². The van der Waals surface area contributed by atoms with E-state index >= 15 is 0 Å². The van der Waals surface area contributed by atoms with Gasteiger partial charge in [0, 0.05) is 10.8 Å². The fourth-order valence-electron chi connectivity index (χ4n) is 10.7. The third kappa shape index (κ3) is 5.97. The molecule has 0 heterocycles. The molecule has 0 aromatic carbocycles. The lowest BCUT2D eigenvalue weighted by Crippen LogP contribution is -2.66. The molecule has 0 unspecified atom stereocenters. The number of unbranched alkanes of at least 4 members (excludes halogenated alkanes) is 4. The lowest BCUT2D eigenvalue weighted by molar-refractivity contribution is -0.122. The maximum Gasteiger partial charge on any atom is 0.129 e. The maximum absolute atomic E-state index is 7.45. The number of hydrogen-bond donors (Lipinski definition) is 0. The fraction of sp³-hybridized carbons (Fsp3) is 1.00. The molecule has 37 heavy (non-hydrogen) atoms. The van der Waals surface area contributed by atoms with E-state index in [0.717, 1.165) is 35.5 Å². The number of alkyl halides is 2. The van der Waals surface area contributed by atoms with Gasteiger partial charge in [-0.3, -0.25) is 0 Å². The van der Waals surface area contributed by atoms with Gasteiger partial charge in [0.15, 0.2) is 0 Å². The lowest BCUT2D eigenvalue weighted by atomic mass is 9.42. The van der Waals surface area contributed by atoms with Gasteiger partial charge >= 0.3 is 0 Å². The minimum atomic E-state index is -0.453. The summed E-state index contributed by atoms with van der Waals surface area (Å²) in [5.41, 5.74) is 0.490. The van der Waals surface area contributed by atoms with E-state index in [1.807, 2.05) is 0 Å². The molecule has 0 aromatic heterocycles. The molecule has 5 aliphatic carbocycles. The first-order valence-electron chi connectivity index (χ1n) is 17.3. The summed E-state index contributed by atoms with van der Waals surface area (Å²) >= 11 is 14.9. The molecule has 0 bridgehead atoms. The van der Waals surface area contributed by atoms with E-state index in [9.17, 15) is 0 Å². The second-order valence-corrected chi connectivity index (χ2v) is 16.5. The summed E-state index contributed by atoms with van der Waals surface area (Å²) < 4.78 is -0.453. The van der Waals surface area contributed by atoms with Crippen molar-refractivity contribution in [1.29, 1.82) is 0 Å². The van der Waals surface area contributed by atoms with E-state index in [2.05, 4.69) is 13.8 Å². The van der Waals surface area contributed by atoms with Crippen molar-refractivity contribution in [2.75, 3.05) is 0 Å². The summed E-state index contributed by atoms with van der Waals surface area (Å²) in [6.45, 7) is 4.71. The van der Waals surface area contributed by atoms with Gasteiger partial charge in [-0.1, -0.05) is 84.5 Å². The van der Waals surface area contributed by atoms with Gasteiger partial charge in [-0.15, -0.1) is 23.2 Å². The van der Waals surface area contributed by atoms with Gasteiger partial charge in [0.25, 0.3) is 0 Å². The van der Waals surface area contributed by atoms with Crippen molar-refractivity contribution in [2.24, 2.45) is 46.3 Å². The topological polar surface area (TPSA) is 0 Å². The SMILES string of the molecule is CCCCCCCC1CCC(C2CCC3(CC2)CC2(CCC(C4CCC(CC)CC4)CC2)C3(Cl)Cl)CC1. The van der Waals surface area contributed by atoms with Crippen LogP contribution in [0.3, 0.4) is 0 Å². The zero-order chi connectivity index (χ0) is 25.9. The molecular weight excluding hydrogens is 491 g/mol. The first-order chi connectivity index (χ1) is 17.9. The second-order valence-electron chi connectivity index (χ2n) is 15.2. The van der Waals surface area contributed by atoms with Crippen LogP contribution in [-0.2, 0) is 0 Å². The van der Waals surface area contributed by atoms with Crippen LogP contribution in [0.4, 0.5) is 0 Å². The Morgan fingerprint density at radius 1 is 0.514 bits per heavy atom. The Hall–Kier alpha value is 0.580. The third-order valence-corrected chi connectivity index (χ3v) is 15.0. The lowest BCUT2D eigenvalue weighted by Gasteiger charge is -2.69. The van der Waals surface area contributed by atoms with Crippen molar-refractivity contribution in [2.45, 2.75) is 172 Å². The number of rotatable bonds is 9. The number of halogens is 2. The highest BCUT2D eigenvalue weighted by Crippen LogP contribution is 2.77. The van der Waals surface area contributed by atoms with Crippen LogP contribution in [0.2, 0.25) is 0 Å². The number of hydrogen-bond acceptors (Lipinski definition) is 0. The molecule has 0 N–H and O–H groups in total. The molecule has 2 spiro atoms. The Labute approximate surface area is 241 Å². The van der Waals surface area contributed by atoms with Crippen LogP contribution in [0.25, 0.3) is 0 Å². The standard InChI is InChI=1S/C35H60Cl2/c1-3-5-6-7-8-9-28-12-16-30(17-13-28)32-20-24-34(25-21-32)26-33(35(34,36)37)22-18-31(19-23-33)29-14-10-27(4-2)11-15-29/h27-32H,3-26H2,1-2H3. The van der Waals surface area contributed by atoms with Gasteiger partial charge in [-0.2, -0.15) is 0 Å². The van der Waals surface area contributed by atoms with Crippen LogP contribution in [0.1, 0.15) is 168 Å². The fourth-order valence-corrected chi connectivity index (χ4v) is 11.7. The van der Waals surface area contributed by atoms with Crippen molar-refractivity contribution in [3.8, 4) is 0 Å². The molecule has 0 aromatic rings. The Kier molecular flexibility index (Phi) is 9.92. The summed E-state index contributed by atoms with van der Waals surface area (Å²) in [5.74, 6) is 5.98. The van der Waals surface area contributed by atoms with Crippen molar-refractivity contribution >= 4 is 23.2 Å². The third-order valence-electron chi connectivity index (χ3n) is 13.4. The average Bonchev–Trinajstić information content (AvgIpc) is 2.94. The molecule has 0 saturated heterocycles. The van der Waals surface area contributed by atoms with Crippen LogP contribution in [0.15, 0.2) is 0 Å². The molecule has 0 atom stereocenters. The predicted octanol–water partition coefficient (Wildman–Crippen LogP) is 12.3. The van der Waals surface area contributed by atoms with E-state index < -0.39 is 4.33 Å². The van der Waals surface area contributed by atoms with E-state index in [-0.39, 0.29) is 10.8 Å². The largest absolute Gasteiger partial charge is 0.129 e. The Balaban J connectivity index is 1.04. The minimum absolute atomic E-state index is 0.244. The Bertz CT molecular complexity index is 680. The normalized spacial score (nSPS) is 44.1. The Morgan fingerprint density at radius 2 is 0.946 bits per heavy atom. The van der Waals surface area contributed by atoms with Gasteiger partial charge in [0.1, 0.15) is 4.33 Å². The molecule has 0 nitrogen and oxygen atoms in total. The molecule has 5 aliphatic rings. The summed E-state index contributed by atoms with van der Waals surface area (Å²) in [7, 11) is 0. The smallest absolute Gasteiger partial charge is 0.100 e. The van der Waals surface area contributed by atoms with Crippen LogP contribution in [-0.4, -0.2) is 4.33 Å². The predicted molar refractivity (Wildman–Crippen MR) is 162 cm³/mol. The minimum Gasteiger partial charge on any atom is -0.100 e. The highest BCUT2D eigenvalue weighted by atomic mass is 35.5. The van der Waals surface area contributed by atoms with Gasteiger partial charge < -0.3 is 0 Å². The molecule has 0 aliphatic heterocycles. The molecule has 2 heteroatoms. The van der Waals surface area contributed by atoms with Crippen molar-refractivity contribution in [1.82, 2.24) is 0 Å². The molecule has 5 fully saturated rings. The summed E-state index contributed by atoms with van der Waals surface area (Å²) in [6, 6.07) is 0. The van der Waals surface area contributed by atoms with Crippen molar-refractivity contribution in [3.05, 3.63) is 0 Å². The molecule has 0 amide bonds. The highest BCUT2D eigenvalue weighted by Gasteiger charge is 2.72. The van der Waals surface area contributed by atoms with Crippen molar-refractivity contribution in [3.63, 3.8) is 0 Å². The molecule has 214 valence electrons. The van der Waals surface area contributed by atoms with Crippen molar-refractivity contribution < 1.29 is 0 Å². The zero-order valence-electron chi connectivity index (χ0n) is 24.7. The highest BCUT2D eigenvalue weighted by molar-refractivity contribution is 6.50. The quantitative estimate of drug-likeness (QED) is 0.197. The van der Waals surface area contributed by atoms with Gasteiger partial charge in [-0.05, 0) is 119 Å². The van der Waals surface area contributed by atoms with E-state index in [4.69, 9.17) is 23.2 Å². The summed E-state index contributed by atoms with van der Waals surface area (Å²) in [5, 5.41) is 0. The van der Waals surface area contributed by atoms with Gasteiger partial charge in [0.2, 0.25) is 0 Å². The van der Waals surface area contributed by atoms with Crippen LogP contribution in [0, 0.1) is 46.3 Å². The van der Waals surface area contributed by atoms with Crippen LogP contribution in [0.5, 0.6) is 0 Å². The maximum atomic E-state index is 7.45.